The van der Waals surface area contributed by atoms with Crippen molar-refractivity contribution in [2.75, 3.05) is 24.6 Å². The van der Waals surface area contributed by atoms with Crippen LogP contribution in [-0.4, -0.2) is 84.3 Å². The Kier molecular flexibility index (Phi) is 5.99. The fourth-order valence-corrected chi connectivity index (χ4v) is 4.33. The monoisotopic (exact) mass is 496 g/mol. The van der Waals surface area contributed by atoms with E-state index in [1.165, 1.54) is 29.2 Å². The number of aliphatic hydroxyl groups is 2. The van der Waals surface area contributed by atoms with Crippen LogP contribution >= 0.6 is 0 Å². The van der Waals surface area contributed by atoms with Crippen LogP contribution in [0.4, 0.5) is 11.5 Å². The molecule has 4 heterocycles. The maximum Gasteiger partial charge on any atom is 0.254 e. The Bertz CT molecular complexity index is 1360. The molecule has 14 nitrogen and oxygen atoms in total. The van der Waals surface area contributed by atoms with Gasteiger partial charge in [-0.15, -0.1) is 0 Å². The number of nitrogens with two attached hydrogens (primary N) is 1. The lowest BCUT2D eigenvalue weighted by atomic mass is 10.1. The summed E-state index contributed by atoms with van der Waals surface area (Å²) in [5, 5.41) is 26.6. The average molecular weight is 496 g/mol. The Balaban J connectivity index is 1.21. The van der Waals surface area contributed by atoms with Crippen molar-refractivity contribution >= 4 is 40.4 Å². The van der Waals surface area contributed by atoms with Gasteiger partial charge in [-0.3, -0.25) is 19.0 Å². The van der Waals surface area contributed by atoms with Gasteiger partial charge in [-0.25, -0.2) is 15.0 Å². The molecule has 5 rings (SSSR count). The molecule has 1 fully saturated rings. The smallest absolute Gasteiger partial charge is 0.254 e. The molecule has 1 aromatic carbocycles. The number of anilines is 2. The number of carbonyl (C=O) groups is 3. The number of nitrogens with zero attached hydrogens (tertiary/aromatic N) is 5. The van der Waals surface area contributed by atoms with Crippen molar-refractivity contribution in [3.05, 3.63) is 42.0 Å². The molecule has 6 N–H and O–H groups in total. The molecule has 1 saturated heterocycles. The van der Waals surface area contributed by atoms with E-state index in [0.29, 0.717) is 28.9 Å². The number of amides is 3. The van der Waals surface area contributed by atoms with Gasteiger partial charge in [0.2, 0.25) is 5.91 Å². The number of fused-ring (bicyclic) bond motifs is 2. The van der Waals surface area contributed by atoms with Crippen molar-refractivity contribution in [2.24, 2.45) is 0 Å². The Labute approximate surface area is 204 Å². The van der Waals surface area contributed by atoms with Crippen LogP contribution in [0, 0.1) is 0 Å². The molecule has 2 aliphatic rings. The summed E-state index contributed by atoms with van der Waals surface area (Å²) >= 11 is 0. The number of hydrogen-bond donors (Lipinski definition) is 5. The molecule has 188 valence electrons. The Hall–Kier alpha value is -4.14. The topological polar surface area (TPSA) is 198 Å². The maximum atomic E-state index is 13.0. The number of aromatic nitrogens is 4. The first kappa shape index (κ1) is 23.6. The number of rotatable bonds is 6. The summed E-state index contributed by atoms with van der Waals surface area (Å²) in [7, 11) is 1.47. The fourth-order valence-electron chi connectivity index (χ4n) is 4.33. The molecule has 3 aromatic rings. The van der Waals surface area contributed by atoms with Crippen molar-refractivity contribution in [1.82, 2.24) is 29.7 Å². The lowest BCUT2D eigenvalue weighted by Crippen LogP contribution is -2.44. The quantitative estimate of drug-likeness (QED) is 0.275. The Morgan fingerprint density at radius 1 is 1.28 bits per heavy atom. The zero-order valence-electron chi connectivity index (χ0n) is 19.2. The molecule has 4 unspecified atom stereocenters. The lowest BCUT2D eigenvalue weighted by Gasteiger charge is -2.22. The number of imidazole rings is 1. The number of hydrogen-bond acceptors (Lipinski definition) is 10. The highest BCUT2D eigenvalue weighted by Crippen LogP contribution is 2.32. The third-order valence-corrected chi connectivity index (χ3v) is 6.31. The van der Waals surface area contributed by atoms with Crippen LogP contribution in [0.25, 0.3) is 11.2 Å². The minimum absolute atomic E-state index is 0.0297. The van der Waals surface area contributed by atoms with Crippen molar-refractivity contribution in [3.8, 4) is 0 Å². The second-order valence-corrected chi connectivity index (χ2v) is 8.58. The fraction of sp³-hybridized carbons (Fsp3) is 0.364. The third-order valence-electron chi connectivity index (χ3n) is 6.31. The Morgan fingerprint density at radius 3 is 2.89 bits per heavy atom. The first-order chi connectivity index (χ1) is 17.3. The standard InChI is InChI=1S/C22H24N8O6/c1-29(6-5-13(31)28-12-4-2-3-10-11(12)7-24-20(10)34)21(35)17-15(32)16(33)22(36-17)30-9-27-14-18(23)25-8-26-19(14)30/h2-4,8-9,15-17,22,32-33H,5-7H2,1H3,(H,24,34)(H,28,31)(H2,23,25,26). The molecule has 4 atom stereocenters. The zero-order valence-corrected chi connectivity index (χ0v) is 19.2. The third kappa shape index (κ3) is 4.00. The van der Waals surface area contributed by atoms with Crippen LogP contribution in [0.2, 0.25) is 0 Å². The van der Waals surface area contributed by atoms with E-state index >= 15 is 0 Å². The summed E-state index contributed by atoms with van der Waals surface area (Å²) in [6, 6.07) is 5.07. The van der Waals surface area contributed by atoms with Gasteiger partial charge in [0.15, 0.2) is 23.8 Å². The van der Waals surface area contributed by atoms with Crippen molar-refractivity contribution in [1.29, 1.82) is 0 Å². The van der Waals surface area contributed by atoms with Crippen LogP contribution in [0.3, 0.4) is 0 Å². The van der Waals surface area contributed by atoms with Gasteiger partial charge in [0.25, 0.3) is 11.8 Å². The van der Waals surface area contributed by atoms with E-state index in [1.54, 1.807) is 18.2 Å². The zero-order chi connectivity index (χ0) is 25.6. The maximum absolute atomic E-state index is 13.0. The summed E-state index contributed by atoms with van der Waals surface area (Å²) in [4.78, 5) is 50.6. The molecule has 36 heavy (non-hydrogen) atoms. The number of likely N-dealkylation sites (N-methyl/N-ethyl adjacent to an activating group) is 1. The molecule has 2 aliphatic heterocycles. The van der Waals surface area contributed by atoms with Gasteiger partial charge in [-0.1, -0.05) is 6.07 Å². The van der Waals surface area contributed by atoms with Gasteiger partial charge in [-0.05, 0) is 12.1 Å². The van der Waals surface area contributed by atoms with Gasteiger partial charge >= 0.3 is 0 Å². The van der Waals surface area contributed by atoms with Crippen LogP contribution in [0.5, 0.6) is 0 Å². The van der Waals surface area contributed by atoms with Gasteiger partial charge in [0, 0.05) is 43.4 Å². The molecular weight excluding hydrogens is 472 g/mol. The van der Waals surface area contributed by atoms with E-state index in [-0.39, 0.29) is 36.2 Å². The van der Waals surface area contributed by atoms with E-state index in [2.05, 4.69) is 25.6 Å². The van der Waals surface area contributed by atoms with E-state index in [4.69, 9.17) is 10.5 Å². The van der Waals surface area contributed by atoms with E-state index in [1.807, 2.05) is 0 Å². The molecule has 14 heteroatoms. The number of benzene rings is 1. The van der Waals surface area contributed by atoms with E-state index < -0.39 is 30.4 Å². The van der Waals surface area contributed by atoms with Gasteiger partial charge < -0.3 is 36.2 Å². The molecule has 0 saturated carbocycles. The lowest BCUT2D eigenvalue weighted by molar-refractivity contribution is -0.147. The van der Waals surface area contributed by atoms with Crippen LogP contribution in [-0.2, 0) is 20.9 Å². The number of nitrogen functional groups attached to an aromatic ring is 1. The number of carbonyl (C=O) groups excluding carboxylic acids is 3. The second-order valence-electron chi connectivity index (χ2n) is 8.58. The van der Waals surface area contributed by atoms with Gasteiger partial charge in [0.05, 0.1) is 6.33 Å². The average Bonchev–Trinajstić information content (AvgIpc) is 3.55. The normalized spacial score (nSPS) is 22.9. The second kappa shape index (κ2) is 9.14. The minimum Gasteiger partial charge on any atom is -0.387 e. The molecule has 0 spiro atoms. The SMILES string of the molecule is CN(CCC(=O)Nc1cccc2c1CNC2=O)C(=O)C1OC(n2cnc3c(N)ncnc32)C(O)C1O. The van der Waals surface area contributed by atoms with E-state index in [9.17, 15) is 24.6 Å². The molecular formula is C22H24N8O6. The van der Waals surface area contributed by atoms with Crippen LogP contribution < -0.4 is 16.4 Å². The largest absolute Gasteiger partial charge is 0.387 e. The predicted octanol–water partition coefficient (Wildman–Crippen LogP) is -1.24. The summed E-state index contributed by atoms with van der Waals surface area (Å²) < 4.78 is 7.09. The molecule has 3 amide bonds. The highest BCUT2D eigenvalue weighted by atomic mass is 16.6. The summed E-state index contributed by atoms with van der Waals surface area (Å²) in [6.45, 7) is 0.357. The Morgan fingerprint density at radius 2 is 2.08 bits per heavy atom. The number of nitrogens with one attached hydrogen (secondary N) is 2. The minimum atomic E-state index is -1.52. The molecule has 0 radical (unpaired) electrons. The number of ether oxygens (including phenoxy) is 1. The first-order valence-corrected chi connectivity index (χ1v) is 11.2. The summed E-state index contributed by atoms with van der Waals surface area (Å²) in [5.41, 5.74) is 8.12. The molecule has 0 bridgehead atoms. The van der Waals surface area contributed by atoms with Crippen molar-refractivity contribution in [2.45, 2.75) is 37.5 Å². The van der Waals surface area contributed by atoms with Crippen molar-refractivity contribution < 1.29 is 29.3 Å². The van der Waals surface area contributed by atoms with Gasteiger partial charge in [0.1, 0.15) is 24.1 Å². The van der Waals surface area contributed by atoms with Crippen molar-refractivity contribution in [3.63, 3.8) is 0 Å². The summed E-state index contributed by atoms with van der Waals surface area (Å²) in [5.74, 6) is -1.01. The van der Waals surface area contributed by atoms with E-state index in [0.717, 1.165) is 0 Å². The summed E-state index contributed by atoms with van der Waals surface area (Å²) in [6.07, 6.45) is -2.95. The van der Waals surface area contributed by atoms with Gasteiger partial charge in [-0.2, -0.15) is 0 Å². The van der Waals surface area contributed by atoms with Crippen LogP contribution in [0.1, 0.15) is 28.6 Å². The number of aliphatic hydroxyl groups excluding tert-OH is 2. The molecule has 2 aromatic heterocycles. The molecule has 0 aliphatic carbocycles. The highest BCUT2D eigenvalue weighted by Gasteiger charge is 2.48. The van der Waals surface area contributed by atoms with Crippen LogP contribution in [0.15, 0.2) is 30.9 Å². The predicted molar refractivity (Wildman–Crippen MR) is 124 cm³/mol. The first-order valence-electron chi connectivity index (χ1n) is 11.2. The highest BCUT2D eigenvalue weighted by molar-refractivity contribution is 6.02.